The molecule has 106 valence electrons. The maximum Gasteiger partial charge on any atom is 0.354 e. The second-order valence-electron chi connectivity index (χ2n) is 4.51. The fraction of sp³-hybridized carbons (Fsp3) is 0.333. The van der Waals surface area contributed by atoms with Gasteiger partial charge in [-0.3, -0.25) is 4.68 Å². The molecule has 0 radical (unpaired) electrons. The summed E-state index contributed by atoms with van der Waals surface area (Å²) in [5.74, 6) is -0.952. The molecule has 1 N–H and O–H groups in total. The Morgan fingerprint density at radius 2 is 2.05 bits per heavy atom. The minimum absolute atomic E-state index is 0.223. The number of carboxylic acid groups (broad SMARTS) is 1. The molecule has 1 heterocycles. The lowest BCUT2D eigenvalue weighted by Gasteiger charge is -2.04. The van der Waals surface area contributed by atoms with Gasteiger partial charge in [-0.25, -0.2) is 4.79 Å². The van der Waals surface area contributed by atoms with Crippen LogP contribution >= 0.6 is 0 Å². The molecule has 5 heteroatoms. The highest BCUT2D eigenvalue weighted by Gasteiger charge is 2.14. The number of benzene rings is 1. The van der Waals surface area contributed by atoms with Crippen LogP contribution in [0.4, 0.5) is 0 Å². The van der Waals surface area contributed by atoms with Gasteiger partial charge in [-0.15, -0.1) is 0 Å². The number of aromatic carboxylic acids is 1. The number of rotatable bonds is 7. The van der Waals surface area contributed by atoms with Crippen molar-refractivity contribution >= 4 is 5.97 Å². The first-order valence-corrected chi connectivity index (χ1v) is 6.58. The number of nitrogens with zero attached hydrogens (tertiary/aromatic N) is 2. The van der Waals surface area contributed by atoms with E-state index in [1.165, 1.54) is 0 Å². The van der Waals surface area contributed by atoms with E-state index in [4.69, 9.17) is 4.74 Å². The predicted octanol–water partition coefficient (Wildman–Crippen LogP) is 2.67. The number of methoxy groups -OCH3 is 1. The molecule has 1 aromatic carbocycles. The first-order chi connectivity index (χ1) is 9.72. The van der Waals surface area contributed by atoms with Crippen molar-refractivity contribution in [2.45, 2.75) is 19.4 Å². The van der Waals surface area contributed by atoms with E-state index in [1.54, 1.807) is 17.9 Å². The number of ether oxygens (including phenoxy) is 1. The maximum absolute atomic E-state index is 11.3. The van der Waals surface area contributed by atoms with E-state index >= 15 is 0 Å². The van der Waals surface area contributed by atoms with Crippen LogP contribution in [0.15, 0.2) is 36.4 Å². The molecule has 2 rings (SSSR count). The second kappa shape index (κ2) is 6.86. The van der Waals surface area contributed by atoms with E-state index in [1.807, 2.05) is 30.3 Å². The summed E-state index contributed by atoms with van der Waals surface area (Å²) in [4.78, 5) is 11.3. The summed E-state index contributed by atoms with van der Waals surface area (Å²) in [5, 5.41) is 13.6. The second-order valence-corrected chi connectivity index (χ2v) is 4.51. The molecule has 0 unspecified atom stereocenters. The van der Waals surface area contributed by atoms with Crippen molar-refractivity contribution < 1.29 is 14.6 Å². The third kappa shape index (κ3) is 3.45. The summed E-state index contributed by atoms with van der Waals surface area (Å²) in [7, 11) is 1.66. The smallest absolute Gasteiger partial charge is 0.354 e. The molecule has 0 atom stereocenters. The van der Waals surface area contributed by atoms with Crippen LogP contribution < -0.4 is 0 Å². The zero-order valence-corrected chi connectivity index (χ0v) is 11.5. The van der Waals surface area contributed by atoms with Crippen molar-refractivity contribution in [3.8, 4) is 11.3 Å². The van der Waals surface area contributed by atoms with Crippen LogP contribution in [-0.4, -0.2) is 34.6 Å². The summed E-state index contributed by atoms with van der Waals surface area (Å²) in [5.41, 5.74) is 1.83. The number of hydrogen-bond donors (Lipinski definition) is 1. The number of carboxylic acids is 1. The average molecular weight is 274 g/mol. The average Bonchev–Trinajstić information content (AvgIpc) is 2.89. The van der Waals surface area contributed by atoms with Gasteiger partial charge in [-0.05, 0) is 18.9 Å². The molecule has 0 fully saturated rings. The van der Waals surface area contributed by atoms with Crippen LogP contribution in [0.1, 0.15) is 23.3 Å². The molecular weight excluding hydrogens is 256 g/mol. The summed E-state index contributed by atoms with van der Waals surface area (Å²) < 4.78 is 6.54. The van der Waals surface area contributed by atoms with Gasteiger partial charge >= 0.3 is 5.97 Å². The molecule has 0 amide bonds. The Labute approximate surface area is 117 Å². The highest BCUT2D eigenvalue weighted by molar-refractivity contribution is 5.87. The fourth-order valence-electron chi connectivity index (χ4n) is 2.02. The van der Waals surface area contributed by atoms with Gasteiger partial charge in [0, 0.05) is 25.8 Å². The standard InChI is InChI=1S/C15H18N2O3/c1-20-10-6-5-9-17-14(15(18)19)11-13(16-17)12-7-3-2-4-8-12/h2-4,7-8,11H,5-6,9-10H2,1H3,(H,18,19). The first-order valence-electron chi connectivity index (χ1n) is 6.58. The van der Waals surface area contributed by atoms with Gasteiger partial charge in [0.2, 0.25) is 0 Å². The molecule has 0 saturated carbocycles. The Kier molecular flexibility index (Phi) is 4.90. The molecule has 0 bridgehead atoms. The highest BCUT2D eigenvalue weighted by atomic mass is 16.5. The topological polar surface area (TPSA) is 64.4 Å². The monoisotopic (exact) mass is 274 g/mol. The lowest BCUT2D eigenvalue weighted by atomic mass is 10.1. The molecule has 0 aliphatic rings. The summed E-state index contributed by atoms with van der Waals surface area (Å²) in [6.07, 6.45) is 1.72. The van der Waals surface area contributed by atoms with Crippen molar-refractivity contribution in [1.82, 2.24) is 9.78 Å². The maximum atomic E-state index is 11.3. The van der Waals surface area contributed by atoms with Gasteiger partial charge in [0.1, 0.15) is 5.69 Å². The Hall–Kier alpha value is -2.14. The van der Waals surface area contributed by atoms with Gasteiger partial charge in [0.05, 0.1) is 5.69 Å². The number of aryl methyl sites for hydroxylation is 1. The van der Waals surface area contributed by atoms with Crippen molar-refractivity contribution in [3.63, 3.8) is 0 Å². The third-order valence-corrected chi connectivity index (χ3v) is 3.04. The minimum Gasteiger partial charge on any atom is -0.477 e. The van der Waals surface area contributed by atoms with Gasteiger partial charge in [-0.1, -0.05) is 30.3 Å². The van der Waals surface area contributed by atoms with Crippen LogP contribution in [0.2, 0.25) is 0 Å². The van der Waals surface area contributed by atoms with Crippen molar-refractivity contribution in [1.29, 1.82) is 0 Å². The summed E-state index contributed by atoms with van der Waals surface area (Å²) in [6, 6.07) is 11.2. The van der Waals surface area contributed by atoms with Crippen LogP contribution in [0.25, 0.3) is 11.3 Å². The fourth-order valence-corrected chi connectivity index (χ4v) is 2.02. The van der Waals surface area contributed by atoms with Gasteiger partial charge in [0.25, 0.3) is 0 Å². The Morgan fingerprint density at radius 3 is 2.70 bits per heavy atom. The SMILES string of the molecule is COCCCCn1nc(-c2ccccc2)cc1C(=O)O. The molecule has 20 heavy (non-hydrogen) atoms. The van der Waals surface area contributed by atoms with Gasteiger partial charge < -0.3 is 9.84 Å². The number of carbonyl (C=O) groups is 1. The van der Waals surface area contributed by atoms with E-state index in [0.717, 1.165) is 18.4 Å². The minimum atomic E-state index is -0.952. The number of hydrogen-bond acceptors (Lipinski definition) is 3. The number of unbranched alkanes of at least 4 members (excludes halogenated alkanes) is 1. The van der Waals surface area contributed by atoms with Crippen molar-refractivity contribution in [2.75, 3.05) is 13.7 Å². The molecule has 0 spiro atoms. The van der Waals surface area contributed by atoms with E-state index in [0.29, 0.717) is 18.8 Å². The van der Waals surface area contributed by atoms with E-state index in [2.05, 4.69) is 5.10 Å². The van der Waals surface area contributed by atoms with Crippen LogP contribution in [0, 0.1) is 0 Å². The molecule has 5 nitrogen and oxygen atoms in total. The highest BCUT2D eigenvalue weighted by Crippen LogP contribution is 2.19. The Bertz CT molecular complexity index is 564. The molecule has 0 aliphatic carbocycles. The van der Waals surface area contributed by atoms with Crippen molar-refractivity contribution in [3.05, 3.63) is 42.1 Å². The number of aromatic nitrogens is 2. The Balaban J connectivity index is 2.18. The lowest BCUT2D eigenvalue weighted by molar-refractivity contribution is 0.0682. The lowest BCUT2D eigenvalue weighted by Crippen LogP contribution is -2.10. The molecule has 0 saturated heterocycles. The summed E-state index contributed by atoms with van der Waals surface area (Å²) in [6.45, 7) is 1.26. The van der Waals surface area contributed by atoms with Crippen LogP contribution in [-0.2, 0) is 11.3 Å². The zero-order chi connectivity index (χ0) is 14.4. The van der Waals surface area contributed by atoms with Gasteiger partial charge in [-0.2, -0.15) is 5.10 Å². The first kappa shape index (κ1) is 14.3. The van der Waals surface area contributed by atoms with Gasteiger partial charge in [0.15, 0.2) is 0 Å². The van der Waals surface area contributed by atoms with E-state index in [-0.39, 0.29) is 5.69 Å². The van der Waals surface area contributed by atoms with E-state index in [9.17, 15) is 9.90 Å². The van der Waals surface area contributed by atoms with Crippen LogP contribution in [0.5, 0.6) is 0 Å². The molecular formula is C15H18N2O3. The largest absolute Gasteiger partial charge is 0.477 e. The Morgan fingerprint density at radius 1 is 1.30 bits per heavy atom. The molecule has 1 aromatic heterocycles. The van der Waals surface area contributed by atoms with E-state index < -0.39 is 5.97 Å². The summed E-state index contributed by atoms with van der Waals surface area (Å²) >= 11 is 0. The normalized spacial score (nSPS) is 10.7. The van der Waals surface area contributed by atoms with Crippen LogP contribution in [0.3, 0.4) is 0 Å². The predicted molar refractivity (Wildman–Crippen MR) is 75.7 cm³/mol. The third-order valence-electron chi connectivity index (χ3n) is 3.04. The van der Waals surface area contributed by atoms with Crippen molar-refractivity contribution in [2.24, 2.45) is 0 Å². The zero-order valence-electron chi connectivity index (χ0n) is 11.5. The quantitative estimate of drug-likeness (QED) is 0.788. The molecule has 0 aliphatic heterocycles. The molecule has 2 aromatic rings.